The molecule has 0 aliphatic rings. The molecule has 0 saturated heterocycles. The Hall–Kier alpha value is -1.36. The monoisotopic (exact) mass is 229 g/mol. The van der Waals surface area contributed by atoms with Gasteiger partial charge in [-0.2, -0.15) is 0 Å². The molecule has 0 aliphatic carbocycles. The first-order chi connectivity index (χ1) is 7.61. The largest absolute Gasteiger partial charge is 0.480 e. The van der Waals surface area contributed by atoms with Crippen molar-refractivity contribution in [3.63, 3.8) is 0 Å². The number of nitrogens with one attached hydrogen (secondary N) is 1. The average Bonchev–Trinajstić information content (AvgIpc) is 2.25. The Labute approximate surface area is 95.5 Å². The molecule has 0 spiro atoms. The number of amides is 1. The van der Waals surface area contributed by atoms with E-state index in [1.54, 1.807) is 6.08 Å². The van der Waals surface area contributed by atoms with Gasteiger partial charge in [0.1, 0.15) is 0 Å². The summed E-state index contributed by atoms with van der Waals surface area (Å²) in [5.74, 6) is -1.38. The summed E-state index contributed by atoms with van der Waals surface area (Å²) < 4.78 is 5.10. The summed E-state index contributed by atoms with van der Waals surface area (Å²) in [7, 11) is 0. The molecule has 16 heavy (non-hydrogen) atoms. The molecule has 1 atom stereocenters. The molecule has 2 N–H and O–H groups in total. The van der Waals surface area contributed by atoms with Crippen LogP contribution in [0.2, 0.25) is 0 Å². The van der Waals surface area contributed by atoms with E-state index in [-0.39, 0.29) is 18.9 Å². The molecule has 92 valence electrons. The SMILES string of the molecule is C=CCCC(=O)NC(COCCC)C(=O)O. The van der Waals surface area contributed by atoms with Gasteiger partial charge in [0, 0.05) is 13.0 Å². The summed E-state index contributed by atoms with van der Waals surface area (Å²) in [4.78, 5) is 22.1. The lowest BCUT2D eigenvalue weighted by Gasteiger charge is -2.14. The standard InChI is InChI=1S/C11H19NO4/c1-3-5-6-10(13)12-9(11(14)15)8-16-7-4-2/h3,9H,1,4-8H2,2H3,(H,12,13)(H,14,15). The molecule has 0 aliphatic heterocycles. The first-order valence-electron chi connectivity index (χ1n) is 5.32. The van der Waals surface area contributed by atoms with Gasteiger partial charge in [-0.3, -0.25) is 4.79 Å². The Bertz CT molecular complexity index is 240. The second kappa shape index (κ2) is 8.91. The van der Waals surface area contributed by atoms with Crippen molar-refractivity contribution in [3.8, 4) is 0 Å². The van der Waals surface area contributed by atoms with Gasteiger partial charge in [0.15, 0.2) is 6.04 Å². The number of rotatable bonds is 9. The van der Waals surface area contributed by atoms with Gasteiger partial charge in [-0.25, -0.2) is 4.79 Å². The van der Waals surface area contributed by atoms with Crippen LogP contribution in [0.1, 0.15) is 26.2 Å². The van der Waals surface area contributed by atoms with Crippen molar-refractivity contribution in [1.29, 1.82) is 0 Å². The van der Waals surface area contributed by atoms with Crippen molar-refractivity contribution in [2.24, 2.45) is 0 Å². The Balaban J connectivity index is 3.96. The van der Waals surface area contributed by atoms with E-state index in [2.05, 4.69) is 11.9 Å². The number of carboxylic acids is 1. The minimum absolute atomic E-state index is 0.00298. The molecule has 0 heterocycles. The Morgan fingerprint density at radius 1 is 1.56 bits per heavy atom. The molecule has 0 rings (SSSR count). The minimum Gasteiger partial charge on any atom is -0.480 e. The summed E-state index contributed by atoms with van der Waals surface area (Å²) >= 11 is 0. The van der Waals surface area contributed by atoms with E-state index in [4.69, 9.17) is 9.84 Å². The van der Waals surface area contributed by atoms with Crippen LogP contribution in [0.3, 0.4) is 0 Å². The second-order valence-corrected chi connectivity index (χ2v) is 3.36. The van der Waals surface area contributed by atoms with Gasteiger partial charge in [-0.15, -0.1) is 6.58 Å². The molecule has 5 nitrogen and oxygen atoms in total. The van der Waals surface area contributed by atoms with E-state index in [0.29, 0.717) is 13.0 Å². The van der Waals surface area contributed by atoms with Crippen LogP contribution in [0.4, 0.5) is 0 Å². The van der Waals surface area contributed by atoms with Crippen molar-refractivity contribution < 1.29 is 19.4 Å². The number of carbonyl (C=O) groups excluding carboxylic acids is 1. The molecular formula is C11H19NO4. The number of hydrogen-bond acceptors (Lipinski definition) is 3. The summed E-state index contributed by atoms with van der Waals surface area (Å²) in [5.41, 5.74) is 0. The molecule has 0 radical (unpaired) electrons. The van der Waals surface area contributed by atoms with Crippen LogP contribution >= 0.6 is 0 Å². The molecule has 0 aromatic rings. The van der Waals surface area contributed by atoms with Crippen molar-refractivity contribution >= 4 is 11.9 Å². The van der Waals surface area contributed by atoms with Crippen LogP contribution in [0, 0.1) is 0 Å². The Kier molecular flexibility index (Phi) is 8.15. The number of allylic oxidation sites excluding steroid dienone is 1. The minimum atomic E-state index is -1.08. The van der Waals surface area contributed by atoms with E-state index >= 15 is 0 Å². The number of aliphatic carboxylic acids is 1. The predicted molar refractivity (Wildman–Crippen MR) is 60.1 cm³/mol. The molecule has 0 bridgehead atoms. The highest BCUT2D eigenvalue weighted by Crippen LogP contribution is 1.93. The van der Waals surface area contributed by atoms with E-state index in [9.17, 15) is 9.59 Å². The third-order valence-corrected chi connectivity index (χ3v) is 1.84. The number of carboxylic acid groups (broad SMARTS) is 1. The topological polar surface area (TPSA) is 75.6 Å². The highest BCUT2D eigenvalue weighted by atomic mass is 16.5. The zero-order valence-electron chi connectivity index (χ0n) is 9.57. The highest BCUT2D eigenvalue weighted by Gasteiger charge is 2.19. The lowest BCUT2D eigenvalue weighted by molar-refractivity contribution is -0.143. The van der Waals surface area contributed by atoms with Crippen LogP contribution in [-0.2, 0) is 14.3 Å². The van der Waals surface area contributed by atoms with Crippen LogP contribution < -0.4 is 5.32 Å². The van der Waals surface area contributed by atoms with E-state index in [1.807, 2.05) is 6.92 Å². The number of carbonyl (C=O) groups is 2. The van der Waals surface area contributed by atoms with Gasteiger partial charge in [-0.05, 0) is 12.8 Å². The van der Waals surface area contributed by atoms with Crippen molar-refractivity contribution in [3.05, 3.63) is 12.7 Å². The predicted octanol–water partition coefficient (Wildman–Crippen LogP) is 0.949. The Morgan fingerprint density at radius 3 is 2.75 bits per heavy atom. The lowest BCUT2D eigenvalue weighted by Crippen LogP contribution is -2.44. The molecule has 0 aromatic carbocycles. The molecular weight excluding hydrogens is 210 g/mol. The molecule has 0 fully saturated rings. The summed E-state index contributed by atoms with van der Waals surface area (Å²) in [6.45, 7) is 5.91. The molecule has 5 heteroatoms. The second-order valence-electron chi connectivity index (χ2n) is 3.36. The van der Waals surface area contributed by atoms with Crippen molar-refractivity contribution in [1.82, 2.24) is 5.32 Å². The fourth-order valence-electron chi connectivity index (χ4n) is 1.02. The van der Waals surface area contributed by atoms with Crippen molar-refractivity contribution in [2.75, 3.05) is 13.2 Å². The zero-order chi connectivity index (χ0) is 12.4. The summed E-state index contributed by atoms with van der Waals surface area (Å²) in [6, 6.07) is -0.969. The average molecular weight is 229 g/mol. The van der Waals surface area contributed by atoms with Crippen molar-refractivity contribution in [2.45, 2.75) is 32.2 Å². The van der Waals surface area contributed by atoms with Gasteiger partial charge < -0.3 is 15.2 Å². The first kappa shape index (κ1) is 14.6. The van der Waals surface area contributed by atoms with Gasteiger partial charge in [0.05, 0.1) is 6.61 Å². The fraction of sp³-hybridized carbons (Fsp3) is 0.636. The third kappa shape index (κ3) is 7.00. The quantitative estimate of drug-likeness (QED) is 0.456. The van der Waals surface area contributed by atoms with Gasteiger partial charge >= 0.3 is 5.97 Å². The maximum Gasteiger partial charge on any atom is 0.328 e. The summed E-state index contributed by atoms with van der Waals surface area (Å²) in [5, 5.41) is 11.2. The fourth-order valence-corrected chi connectivity index (χ4v) is 1.02. The maximum absolute atomic E-state index is 11.3. The highest BCUT2D eigenvalue weighted by molar-refractivity contribution is 5.83. The maximum atomic E-state index is 11.3. The zero-order valence-corrected chi connectivity index (χ0v) is 9.57. The molecule has 1 unspecified atom stereocenters. The van der Waals surface area contributed by atoms with E-state index in [1.165, 1.54) is 0 Å². The molecule has 0 aromatic heterocycles. The van der Waals surface area contributed by atoms with Gasteiger partial charge in [0.25, 0.3) is 0 Å². The van der Waals surface area contributed by atoms with Crippen LogP contribution in [0.5, 0.6) is 0 Å². The van der Waals surface area contributed by atoms with Crippen LogP contribution in [0.25, 0.3) is 0 Å². The van der Waals surface area contributed by atoms with E-state index in [0.717, 1.165) is 6.42 Å². The summed E-state index contributed by atoms with van der Waals surface area (Å²) in [6.07, 6.45) is 3.22. The van der Waals surface area contributed by atoms with Crippen LogP contribution in [0.15, 0.2) is 12.7 Å². The third-order valence-electron chi connectivity index (χ3n) is 1.84. The van der Waals surface area contributed by atoms with E-state index < -0.39 is 12.0 Å². The lowest BCUT2D eigenvalue weighted by atomic mass is 10.2. The first-order valence-corrected chi connectivity index (χ1v) is 5.32. The number of hydrogen-bond donors (Lipinski definition) is 2. The smallest absolute Gasteiger partial charge is 0.328 e. The van der Waals surface area contributed by atoms with Gasteiger partial charge in [-0.1, -0.05) is 13.0 Å². The number of ether oxygens (including phenoxy) is 1. The normalized spacial score (nSPS) is 11.8. The molecule has 1 amide bonds. The Morgan fingerprint density at radius 2 is 2.25 bits per heavy atom. The van der Waals surface area contributed by atoms with Gasteiger partial charge in [0.2, 0.25) is 5.91 Å². The molecule has 0 saturated carbocycles. The van der Waals surface area contributed by atoms with Crippen LogP contribution in [-0.4, -0.2) is 36.2 Å².